The van der Waals surface area contributed by atoms with Crippen molar-refractivity contribution in [1.29, 1.82) is 0 Å². The molecule has 0 atom stereocenters. The van der Waals surface area contributed by atoms with Crippen molar-refractivity contribution in [3.63, 3.8) is 0 Å². The highest BCUT2D eigenvalue weighted by atomic mass is 35.5. The third-order valence-electron chi connectivity index (χ3n) is 4.09. The molecular formula is C17H14ClF4N3O. The Morgan fingerprint density at radius 1 is 1.12 bits per heavy atom. The first-order valence-corrected chi connectivity index (χ1v) is 8.16. The smallest absolute Gasteiger partial charge is 0.352 e. The number of aromatic nitrogens is 1. The highest BCUT2D eigenvalue weighted by molar-refractivity contribution is 6.33. The molecule has 1 fully saturated rings. The van der Waals surface area contributed by atoms with Crippen LogP contribution in [0.15, 0.2) is 36.5 Å². The lowest BCUT2D eigenvalue weighted by Gasteiger charge is -2.35. The third-order valence-corrected chi connectivity index (χ3v) is 4.37. The Morgan fingerprint density at radius 3 is 2.38 bits per heavy atom. The van der Waals surface area contributed by atoms with Crippen LogP contribution in [0.3, 0.4) is 0 Å². The van der Waals surface area contributed by atoms with Gasteiger partial charge in [0.25, 0.3) is 5.91 Å². The lowest BCUT2D eigenvalue weighted by molar-refractivity contribution is -0.137. The molecule has 1 aromatic heterocycles. The second-order valence-electron chi connectivity index (χ2n) is 5.82. The minimum Gasteiger partial charge on any atom is -0.352 e. The van der Waals surface area contributed by atoms with Crippen LogP contribution in [0.2, 0.25) is 5.02 Å². The van der Waals surface area contributed by atoms with Crippen molar-refractivity contribution in [2.45, 2.75) is 6.18 Å². The highest BCUT2D eigenvalue weighted by Crippen LogP contribution is 2.33. The van der Waals surface area contributed by atoms with E-state index in [1.165, 1.54) is 24.3 Å². The summed E-state index contributed by atoms with van der Waals surface area (Å²) in [6.07, 6.45) is -3.77. The Morgan fingerprint density at radius 2 is 1.81 bits per heavy atom. The van der Waals surface area contributed by atoms with Gasteiger partial charge in [-0.15, -0.1) is 0 Å². The summed E-state index contributed by atoms with van der Waals surface area (Å²) in [5.41, 5.74) is -0.657. The largest absolute Gasteiger partial charge is 0.417 e. The average Bonchev–Trinajstić information content (AvgIpc) is 2.60. The van der Waals surface area contributed by atoms with Crippen LogP contribution in [0, 0.1) is 5.82 Å². The maximum atomic E-state index is 13.3. The van der Waals surface area contributed by atoms with Gasteiger partial charge in [0.2, 0.25) is 0 Å². The molecule has 0 unspecified atom stereocenters. The van der Waals surface area contributed by atoms with Crippen molar-refractivity contribution in [2.75, 3.05) is 31.1 Å². The van der Waals surface area contributed by atoms with E-state index in [9.17, 15) is 22.4 Å². The lowest BCUT2D eigenvalue weighted by Crippen LogP contribution is -2.49. The topological polar surface area (TPSA) is 36.4 Å². The molecule has 3 rings (SSSR count). The van der Waals surface area contributed by atoms with Crippen LogP contribution in [-0.4, -0.2) is 42.0 Å². The number of carbonyl (C=O) groups is 1. The number of amides is 1. The predicted octanol–water partition coefficient (Wildman–Crippen LogP) is 3.86. The molecule has 0 N–H and O–H groups in total. The van der Waals surface area contributed by atoms with Crippen molar-refractivity contribution in [3.8, 4) is 0 Å². The molecule has 0 aliphatic carbocycles. The average molecular weight is 388 g/mol. The van der Waals surface area contributed by atoms with Gasteiger partial charge in [-0.25, -0.2) is 9.37 Å². The number of piperazine rings is 1. The van der Waals surface area contributed by atoms with Crippen molar-refractivity contribution in [2.24, 2.45) is 0 Å². The monoisotopic (exact) mass is 387 g/mol. The number of anilines is 1. The van der Waals surface area contributed by atoms with Gasteiger partial charge in [0.05, 0.1) is 10.6 Å². The van der Waals surface area contributed by atoms with E-state index in [4.69, 9.17) is 11.6 Å². The number of halogens is 5. The zero-order valence-corrected chi connectivity index (χ0v) is 14.2. The SMILES string of the molecule is O=C(c1cccc(F)c1)N1CCN(c2ncc(C(F)(F)F)cc2Cl)CC1. The second kappa shape index (κ2) is 7.11. The van der Waals surface area contributed by atoms with Crippen LogP contribution in [0.5, 0.6) is 0 Å². The molecule has 9 heteroatoms. The molecule has 26 heavy (non-hydrogen) atoms. The molecule has 1 amide bonds. The Labute approximate surface area is 152 Å². The van der Waals surface area contributed by atoms with E-state index in [1.807, 2.05) is 0 Å². The van der Waals surface area contributed by atoms with Gasteiger partial charge in [0, 0.05) is 37.9 Å². The fourth-order valence-electron chi connectivity index (χ4n) is 2.74. The summed E-state index contributed by atoms with van der Waals surface area (Å²) in [5, 5.41) is -0.0928. The van der Waals surface area contributed by atoms with Crippen molar-refractivity contribution in [1.82, 2.24) is 9.88 Å². The standard InChI is InChI=1S/C17H14ClF4N3O/c18-14-9-12(17(20,21)22)10-23-15(14)24-4-6-25(7-5-24)16(26)11-2-1-3-13(19)8-11/h1-3,8-10H,4-7H2. The van der Waals surface area contributed by atoms with Gasteiger partial charge in [-0.05, 0) is 24.3 Å². The van der Waals surface area contributed by atoms with Crippen LogP contribution in [-0.2, 0) is 6.18 Å². The molecule has 0 radical (unpaired) electrons. The Hall–Kier alpha value is -2.35. The first-order chi connectivity index (χ1) is 12.3. The summed E-state index contributed by atoms with van der Waals surface area (Å²) in [4.78, 5) is 19.5. The molecule has 1 aliphatic heterocycles. The first-order valence-electron chi connectivity index (χ1n) is 7.78. The van der Waals surface area contributed by atoms with Gasteiger partial charge in [0.15, 0.2) is 0 Å². The number of pyridine rings is 1. The number of hydrogen-bond acceptors (Lipinski definition) is 3. The Kier molecular flexibility index (Phi) is 5.04. The summed E-state index contributed by atoms with van der Waals surface area (Å²) in [5.74, 6) is -0.539. The van der Waals surface area contributed by atoms with E-state index in [2.05, 4.69) is 4.98 Å². The van der Waals surface area contributed by atoms with Crippen molar-refractivity contribution >= 4 is 23.3 Å². The molecule has 1 aromatic carbocycles. The number of carbonyl (C=O) groups excluding carboxylic acids is 1. The van der Waals surface area contributed by atoms with Crippen LogP contribution in [0.4, 0.5) is 23.4 Å². The summed E-state index contributed by atoms with van der Waals surface area (Å²) < 4.78 is 51.3. The Bertz CT molecular complexity index is 820. The van der Waals surface area contributed by atoms with E-state index in [0.29, 0.717) is 26.2 Å². The summed E-state index contributed by atoms with van der Waals surface area (Å²) in [6, 6.07) is 6.26. The summed E-state index contributed by atoms with van der Waals surface area (Å²) in [6.45, 7) is 1.38. The fourth-order valence-corrected chi connectivity index (χ4v) is 3.03. The highest BCUT2D eigenvalue weighted by Gasteiger charge is 2.32. The van der Waals surface area contributed by atoms with Gasteiger partial charge in [-0.2, -0.15) is 13.2 Å². The van der Waals surface area contributed by atoms with Crippen LogP contribution in [0.1, 0.15) is 15.9 Å². The number of rotatable bonds is 2. The number of benzene rings is 1. The van der Waals surface area contributed by atoms with Crippen LogP contribution < -0.4 is 4.90 Å². The van der Waals surface area contributed by atoms with E-state index in [0.717, 1.165) is 12.3 Å². The fraction of sp³-hybridized carbons (Fsp3) is 0.294. The van der Waals surface area contributed by atoms with Crippen LogP contribution in [0.25, 0.3) is 0 Å². The molecule has 4 nitrogen and oxygen atoms in total. The van der Waals surface area contributed by atoms with Gasteiger partial charge in [0.1, 0.15) is 11.6 Å². The molecule has 2 heterocycles. The van der Waals surface area contributed by atoms with E-state index in [-0.39, 0.29) is 22.3 Å². The number of hydrogen-bond donors (Lipinski definition) is 0. The third kappa shape index (κ3) is 3.90. The molecule has 2 aromatic rings. The quantitative estimate of drug-likeness (QED) is 0.734. The second-order valence-corrected chi connectivity index (χ2v) is 6.22. The minimum absolute atomic E-state index is 0.0928. The van der Waals surface area contributed by atoms with Crippen LogP contribution >= 0.6 is 11.6 Å². The lowest BCUT2D eigenvalue weighted by atomic mass is 10.1. The zero-order valence-electron chi connectivity index (χ0n) is 13.4. The minimum atomic E-state index is -4.51. The van der Waals surface area contributed by atoms with Gasteiger partial charge < -0.3 is 9.80 Å². The maximum Gasteiger partial charge on any atom is 0.417 e. The van der Waals surface area contributed by atoms with E-state index in [1.54, 1.807) is 9.80 Å². The molecule has 1 saturated heterocycles. The number of nitrogens with zero attached hydrogens (tertiary/aromatic N) is 3. The molecule has 1 aliphatic rings. The predicted molar refractivity (Wildman–Crippen MR) is 88.8 cm³/mol. The zero-order chi connectivity index (χ0) is 18.9. The van der Waals surface area contributed by atoms with E-state index < -0.39 is 17.6 Å². The van der Waals surface area contributed by atoms with Crippen molar-refractivity contribution in [3.05, 3.63) is 58.5 Å². The molecule has 0 bridgehead atoms. The maximum absolute atomic E-state index is 13.3. The van der Waals surface area contributed by atoms with E-state index >= 15 is 0 Å². The first kappa shape index (κ1) is 18.4. The molecular weight excluding hydrogens is 374 g/mol. The van der Waals surface area contributed by atoms with Crippen molar-refractivity contribution < 1.29 is 22.4 Å². The summed E-state index contributed by atoms with van der Waals surface area (Å²) in [7, 11) is 0. The molecule has 138 valence electrons. The molecule has 0 spiro atoms. The molecule has 0 saturated carbocycles. The number of alkyl halides is 3. The normalized spacial score (nSPS) is 15.3. The Balaban J connectivity index is 1.68. The van der Waals surface area contributed by atoms with Gasteiger partial charge in [-0.1, -0.05) is 17.7 Å². The van der Waals surface area contributed by atoms with Gasteiger partial charge >= 0.3 is 6.18 Å². The summed E-state index contributed by atoms with van der Waals surface area (Å²) >= 11 is 5.95. The van der Waals surface area contributed by atoms with Gasteiger partial charge in [-0.3, -0.25) is 4.79 Å².